The van der Waals surface area contributed by atoms with Crippen molar-refractivity contribution in [2.24, 2.45) is 5.92 Å². The van der Waals surface area contributed by atoms with Crippen molar-refractivity contribution in [2.45, 2.75) is 39.2 Å². The molecule has 1 atom stereocenters. The van der Waals surface area contributed by atoms with Crippen molar-refractivity contribution in [3.63, 3.8) is 0 Å². The summed E-state index contributed by atoms with van der Waals surface area (Å²) in [6.45, 7) is 4.49. The van der Waals surface area contributed by atoms with Gasteiger partial charge in [-0.3, -0.25) is 4.79 Å². The third-order valence-corrected chi connectivity index (χ3v) is 3.87. The summed E-state index contributed by atoms with van der Waals surface area (Å²) in [4.78, 5) is 14.2. The standard InChI is InChI=1S/C15H20FNO2/c1-3-10(4-2)15(19)17-8-7-14(18)12-9-11(16)5-6-13(12)17/h5-6,9-10,14,18H,3-4,7-8H2,1-2H3. The van der Waals surface area contributed by atoms with Crippen LogP contribution in [0.25, 0.3) is 0 Å². The molecule has 1 aromatic rings. The van der Waals surface area contributed by atoms with Crippen molar-refractivity contribution in [2.75, 3.05) is 11.4 Å². The molecule has 0 bridgehead atoms. The fraction of sp³-hybridized carbons (Fsp3) is 0.533. The molecule has 4 heteroatoms. The summed E-state index contributed by atoms with van der Waals surface area (Å²) in [5.74, 6) is -0.312. The Hall–Kier alpha value is -1.42. The molecule has 104 valence electrons. The van der Waals surface area contributed by atoms with Crippen LogP contribution < -0.4 is 4.90 Å². The van der Waals surface area contributed by atoms with Gasteiger partial charge in [0, 0.05) is 23.7 Å². The maximum absolute atomic E-state index is 13.3. The van der Waals surface area contributed by atoms with E-state index in [2.05, 4.69) is 0 Å². The Labute approximate surface area is 113 Å². The minimum absolute atomic E-state index is 0.00635. The van der Waals surface area contributed by atoms with E-state index in [9.17, 15) is 14.3 Å². The largest absolute Gasteiger partial charge is 0.388 e. The number of rotatable bonds is 3. The SMILES string of the molecule is CCC(CC)C(=O)N1CCC(O)c2cc(F)ccc21. The van der Waals surface area contributed by atoms with Crippen LogP contribution >= 0.6 is 0 Å². The number of carbonyl (C=O) groups excluding carboxylic acids is 1. The van der Waals surface area contributed by atoms with Gasteiger partial charge < -0.3 is 10.0 Å². The number of fused-ring (bicyclic) bond motifs is 1. The molecule has 0 saturated carbocycles. The van der Waals surface area contributed by atoms with Crippen LogP contribution in [0.15, 0.2) is 18.2 Å². The molecule has 2 rings (SSSR count). The van der Waals surface area contributed by atoms with Crippen molar-refractivity contribution in [1.29, 1.82) is 0 Å². The van der Waals surface area contributed by atoms with E-state index in [0.717, 1.165) is 12.8 Å². The van der Waals surface area contributed by atoms with Crippen molar-refractivity contribution in [3.05, 3.63) is 29.6 Å². The molecule has 19 heavy (non-hydrogen) atoms. The number of benzene rings is 1. The van der Waals surface area contributed by atoms with Crippen LogP contribution in [0.1, 0.15) is 44.8 Å². The molecule has 0 fully saturated rings. The smallest absolute Gasteiger partial charge is 0.230 e. The van der Waals surface area contributed by atoms with Gasteiger partial charge in [0.2, 0.25) is 5.91 Å². The van der Waals surface area contributed by atoms with Crippen LogP contribution in [-0.2, 0) is 4.79 Å². The van der Waals surface area contributed by atoms with Crippen molar-refractivity contribution < 1.29 is 14.3 Å². The summed E-state index contributed by atoms with van der Waals surface area (Å²) >= 11 is 0. The van der Waals surface area contributed by atoms with Gasteiger partial charge in [-0.1, -0.05) is 13.8 Å². The van der Waals surface area contributed by atoms with E-state index in [1.54, 1.807) is 11.0 Å². The summed E-state index contributed by atoms with van der Waals surface area (Å²) in [6, 6.07) is 4.25. The third kappa shape index (κ3) is 2.63. The summed E-state index contributed by atoms with van der Waals surface area (Å²) in [6.07, 6.45) is 1.37. The minimum atomic E-state index is -0.684. The number of anilines is 1. The number of hydrogen-bond acceptors (Lipinski definition) is 2. The molecule has 1 amide bonds. The van der Waals surface area contributed by atoms with Gasteiger partial charge in [0.15, 0.2) is 0 Å². The fourth-order valence-electron chi connectivity index (χ4n) is 2.65. The zero-order valence-corrected chi connectivity index (χ0v) is 11.4. The van der Waals surface area contributed by atoms with Crippen LogP contribution in [0.3, 0.4) is 0 Å². The van der Waals surface area contributed by atoms with Crippen LogP contribution in [0, 0.1) is 11.7 Å². The van der Waals surface area contributed by atoms with Crippen LogP contribution in [0.5, 0.6) is 0 Å². The summed E-state index contributed by atoms with van der Waals surface area (Å²) in [5.41, 5.74) is 1.17. The first-order valence-corrected chi connectivity index (χ1v) is 6.87. The Bertz CT molecular complexity index is 471. The topological polar surface area (TPSA) is 40.5 Å². The molecule has 1 heterocycles. The monoisotopic (exact) mass is 265 g/mol. The molecule has 0 spiro atoms. The highest BCUT2D eigenvalue weighted by atomic mass is 19.1. The molecule has 0 aliphatic carbocycles. The maximum atomic E-state index is 13.3. The summed E-state index contributed by atoms with van der Waals surface area (Å²) in [5, 5.41) is 9.93. The fourth-order valence-corrected chi connectivity index (χ4v) is 2.65. The van der Waals surface area contributed by atoms with Gasteiger partial charge in [-0.05, 0) is 37.5 Å². The lowest BCUT2D eigenvalue weighted by molar-refractivity contribution is -0.122. The summed E-state index contributed by atoms with van der Waals surface area (Å²) in [7, 11) is 0. The van der Waals surface area contributed by atoms with Gasteiger partial charge in [-0.2, -0.15) is 0 Å². The number of amides is 1. The van der Waals surface area contributed by atoms with E-state index in [0.29, 0.717) is 24.2 Å². The number of aliphatic hydroxyl groups is 1. The molecular formula is C15H20FNO2. The van der Waals surface area contributed by atoms with Crippen molar-refractivity contribution in [1.82, 2.24) is 0 Å². The molecule has 1 unspecified atom stereocenters. The Morgan fingerprint density at radius 1 is 1.47 bits per heavy atom. The number of nitrogens with zero attached hydrogens (tertiary/aromatic N) is 1. The maximum Gasteiger partial charge on any atom is 0.230 e. The molecule has 0 radical (unpaired) electrons. The van der Waals surface area contributed by atoms with Crippen LogP contribution in [0.2, 0.25) is 0 Å². The quantitative estimate of drug-likeness (QED) is 0.912. The van der Waals surface area contributed by atoms with E-state index in [4.69, 9.17) is 0 Å². The molecule has 0 saturated heterocycles. The Balaban J connectivity index is 2.35. The second-order valence-corrected chi connectivity index (χ2v) is 5.01. The van der Waals surface area contributed by atoms with Gasteiger partial charge in [0.25, 0.3) is 0 Å². The molecular weight excluding hydrogens is 245 g/mol. The predicted octanol–water partition coefficient (Wildman–Crippen LogP) is 3.03. The number of aliphatic hydroxyl groups excluding tert-OH is 1. The molecule has 1 aliphatic rings. The number of hydrogen-bond donors (Lipinski definition) is 1. The average molecular weight is 265 g/mol. The molecule has 3 nitrogen and oxygen atoms in total. The van der Waals surface area contributed by atoms with Crippen molar-refractivity contribution >= 4 is 11.6 Å². The van der Waals surface area contributed by atoms with E-state index in [1.165, 1.54) is 12.1 Å². The predicted molar refractivity (Wildman–Crippen MR) is 72.4 cm³/mol. The molecule has 1 aliphatic heterocycles. The Morgan fingerprint density at radius 2 is 2.16 bits per heavy atom. The van der Waals surface area contributed by atoms with Gasteiger partial charge in [0.05, 0.1) is 6.10 Å². The first-order valence-electron chi connectivity index (χ1n) is 6.87. The first-order chi connectivity index (χ1) is 9.08. The highest BCUT2D eigenvalue weighted by Gasteiger charge is 2.30. The van der Waals surface area contributed by atoms with E-state index in [1.807, 2.05) is 13.8 Å². The zero-order valence-electron chi connectivity index (χ0n) is 11.4. The minimum Gasteiger partial charge on any atom is -0.388 e. The van der Waals surface area contributed by atoms with E-state index >= 15 is 0 Å². The highest BCUT2D eigenvalue weighted by molar-refractivity contribution is 5.96. The first kappa shape index (κ1) is 14.0. The second-order valence-electron chi connectivity index (χ2n) is 5.01. The van der Waals surface area contributed by atoms with E-state index < -0.39 is 6.10 Å². The number of carbonyl (C=O) groups is 1. The lowest BCUT2D eigenvalue weighted by Crippen LogP contribution is -2.40. The van der Waals surface area contributed by atoms with Gasteiger partial charge in [0.1, 0.15) is 5.82 Å². The highest BCUT2D eigenvalue weighted by Crippen LogP contribution is 2.35. The molecule has 1 aromatic carbocycles. The Morgan fingerprint density at radius 3 is 2.79 bits per heavy atom. The van der Waals surface area contributed by atoms with Gasteiger partial charge in [-0.25, -0.2) is 4.39 Å². The molecule has 1 N–H and O–H groups in total. The normalized spacial score (nSPS) is 18.6. The zero-order chi connectivity index (χ0) is 14.0. The van der Waals surface area contributed by atoms with E-state index in [-0.39, 0.29) is 17.6 Å². The average Bonchev–Trinajstić information content (AvgIpc) is 2.41. The Kier molecular flexibility index (Phi) is 4.20. The lowest BCUT2D eigenvalue weighted by Gasteiger charge is -2.34. The summed E-state index contributed by atoms with van der Waals surface area (Å²) < 4.78 is 13.3. The lowest BCUT2D eigenvalue weighted by atomic mass is 9.95. The van der Waals surface area contributed by atoms with Crippen LogP contribution in [-0.4, -0.2) is 17.6 Å². The van der Waals surface area contributed by atoms with Gasteiger partial charge >= 0.3 is 0 Å². The number of halogens is 1. The third-order valence-electron chi connectivity index (χ3n) is 3.87. The van der Waals surface area contributed by atoms with Crippen LogP contribution in [0.4, 0.5) is 10.1 Å². The molecule has 0 aromatic heterocycles. The van der Waals surface area contributed by atoms with Gasteiger partial charge in [-0.15, -0.1) is 0 Å². The van der Waals surface area contributed by atoms with Crippen molar-refractivity contribution in [3.8, 4) is 0 Å². The second kappa shape index (κ2) is 5.70.